The Balaban J connectivity index is 1.46. The lowest BCUT2D eigenvalue weighted by Crippen LogP contribution is -2.62. The molecule has 4 N–H and O–H groups in total. The lowest BCUT2D eigenvalue weighted by atomic mass is 9.91. The average Bonchev–Trinajstić information content (AvgIpc) is 3.26. The second-order valence-electron chi connectivity index (χ2n) is 13.4. The molecule has 236 valence electrons. The highest BCUT2D eigenvalue weighted by atomic mass is 19.1. The van der Waals surface area contributed by atoms with E-state index in [0.717, 1.165) is 24.1 Å². The first kappa shape index (κ1) is 33.0. The Morgan fingerprint density at radius 2 is 1.86 bits per heavy atom. The van der Waals surface area contributed by atoms with Crippen molar-refractivity contribution < 1.29 is 24.2 Å². The van der Waals surface area contributed by atoms with Crippen LogP contribution in [-0.4, -0.2) is 92.8 Å². The first-order chi connectivity index (χ1) is 20.4. The number of aliphatic hydroxyl groups excluding tert-OH is 2. The molecule has 9 nitrogen and oxygen atoms in total. The van der Waals surface area contributed by atoms with Gasteiger partial charge in [-0.1, -0.05) is 25.1 Å². The summed E-state index contributed by atoms with van der Waals surface area (Å²) in [6, 6.07) is 9.16. The van der Waals surface area contributed by atoms with Gasteiger partial charge in [0, 0.05) is 56.6 Å². The summed E-state index contributed by atoms with van der Waals surface area (Å²) in [7, 11) is 0. The minimum Gasteiger partial charge on any atom is -0.392 e. The number of nitrogens with zero attached hydrogens (tertiary/aromatic N) is 3. The van der Waals surface area contributed by atoms with Crippen LogP contribution in [0.4, 0.5) is 4.39 Å². The first-order valence-electron chi connectivity index (χ1n) is 15.5. The average molecular weight is 598 g/mol. The summed E-state index contributed by atoms with van der Waals surface area (Å²) in [4.78, 5) is 35.5. The van der Waals surface area contributed by atoms with E-state index in [9.17, 15) is 24.2 Å². The van der Waals surface area contributed by atoms with E-state index < -0.39 is 29.7 Å². The van der Waals surface area contributed by atoms with Gasteiger partial charge < -0.3 is 20.8 Å². The number of hydrogen-bond acceptors (Lipinski definition) is 7. The standard InChI is InChI=1S/C33H48FN5O4/c1-22-7-12-29(41)30(22)36-31(42)25(16-23-8-10-26(34)11-9-23)17-27(40)20-39-15-14-38(19-24-6-5-13-35-18-24)21-28(39)32(43)37-33(2,3)4/h5-6,8-11,13,18,22,25,27-30,40-41H,7,12,14-17,19-21H2,1-4H3,(H,36,42)(H,37,43)/t22-,25-,27+,28+,29-,30?/m1/s1. The molecule has 2 aromatic rings. The number of halogens is 1. The fraction of sp³-hybridized carbons (Fsp3) is 0.606. The Labute approximate surface area is 254 Å². The molecule has 1 unspecified atom stereocenters. The summed E-state index contributed by atoms with van der Waals surface area (Å²) in [5, 5.41) is 27.9. The molecule has 1 aliphatic heterocycles. The van der Waals surface area contributed by atoms with Crippen LogP contribution >= 0.6 is 0 Å². The molecule has 2 aliphatic rings. The third-order valence-corrected chi connectivity index (χ3v) is 8.53. The van der Waals surface area contributed by atoms with Crippen LogP contribution in [0.3, 0.4) is 0 Å². The summed E-state index contributed by atoms with van der Waals surface area (Å²) in [5.41, 5.74) is 1.45. The van der Waals surface area contributed by atoms with Crippen molar-refractivity contribution in [3.05, 3.63) is 65.7 Å². The van der Waals surface area contributed by atoms with Crippen LogP contribution in [0.2, 0.25) is 0 Å². The van der Waals surface area contributed by atoms with E-state index in [1.54, 1.807) is 18.3 Å². The number of carbonyl (C=O) groups excluding carboxylic acids is 2. The highest BCUT2D eigenvalue weighted by molar-refractivity contribution is 5.83. The molecule has 1 aliphatic carbocycles. The van der Waals surface area contributed by atoms with Gasteiger partial charge >= 0.3 is 0 Å². The van der Waals surface area contributed by atoms with Crippen molar-refractivity contribution in [3.63, 3.8) is 0 Å². The molecule has 2 heterocycles. The Morgan fingerprint density at radius 3 is 2.49 bits per heavy atom. The molecular weight excluding hydrogens is 549 g/mol. The van der Waals surface area contributed by atoms with Crippen molar-refractivity contribution in [3.8, 4) is 0 Å². The zero-order valence-electron chi connectivity index (χ0n) is 25.9. The molecule has 1 aromatic heterocycles. The largest absolute Gasteiger partial charge is 0.392 e. The number of carbonyl (C=O) groups is 2. The number of aromatic nitrogens is 1. The maximum atomic E-state index is 13.6. The summed E-state index contributed by atoms with van der Waals surface area (Å²) in [6.45, 7) is 10.6. The first-order valence-corrected chi connectivity index (χ1v) is 15.5. The monoisotopic (exact) mass is 597 g/mol. The predicted molar refractivity (Wildman–Crippen MR) is 163 cm³/mol. The maximum absolute atomic E-state index is 13.6. The van der Waals surface area contributed by atoms with E-state index in [4.69, 9.17) is 0 Å². The van der Waals surface area contributed by atoms with Crippen LogP contribution in [-0.2, 0) is 22.6 Å². The number of amides is 2. The van der Waals surface area contributed by atoms with Crippen molar-refractivity contribution in [1.29, 1.82) is 0 Å². The molecule has 1 aromatic carbocycles. The number of β-amino-alcohol motifs (C(OH)–C–C–N with tert-alkyl or cyclic N) is 1. The molecule has 1 saturated heterocycles. The van der Waals surface area contributed by atoms with Crippen molar-refractivity contribution in [1.82, 2.24) is 25.4 Å². The Morgan fingerprint density at radius 1 is 1.12 bits per heavy atom. The van der Waals surface area contributed by atoms with Crippen molar-refractivity contribution >= 4 is 11.8 Å². The minimum absolute atomic E-state index is 0.0969. The number of aliphatic hydroxyl groups is 2. The van der Waals surface area contributed by atoms with Gasteiger partial charge in [-0.05, 0) is 81.7 Å². The molecule has 6 atom stereocenters. The van der Waals surface area contributed by atoms with Gasteiger partial charge in [0.25, 0.3) is 0 Å². The number of benzene rings is 1. The van der Waals surface area contributed by atoms with Gasteiger partial charge in [-0.3, -0.25) is 24.4 Å². The lowest BCUT2D eigenvalue weighted by Gasteiger charge is -2.42. The predicted octanol–water partition coefficient (Wildman–Crippen LogP) is 2.51. The van der Waals surface area contributed by atoms with E-state index in [2.05, 4.69) is 20.5 Å². The van der Waals surface area contributed by atoms with Crippen LogP contribution in [0.5, 0.6) is 0 Å². The zero-order valence-corrected chi connectivity index (χ0v) is 25.9. The highest BCUT2D eigenvalue weighted by Gasteiger charge is 2.37. The lowest BCUT2D eigenvalue weighted by molar-refractivity contribution is -0.132. The van der Waals surface area contributed by atoms with Crippen molar-refractivity contribution in [2.24, 2.45) is 11.8 Å². The van der Waals surface area contributed by atoms with Gasteiger partial charge in [-0.25, -0.2) is 4.39 Å². The molecule has 2 fully saturated rings. The Bertz CT molecular complexity index is 1180. The van der Waals surface area contributed by atoms with E-state index in [1.807, 2.05) is 50.9 Å². The van der Waals surface area contributed by atoms with Crippen LogP contribution in [0.1, 0.15) is 58.1 Å². The van der Waals surface area contributed by atoms with Crippen molar-refractivity contribution in [2.75, 3.05) is 26.2 Å². The SMILES string of the molecule is C[C@@H]1CC[C@@H](O)C1NC(=O)[C@H](Cc1ccc(F)cc1)C[C@H](O)CN1CCN(Cc2cccnc2)C[C@H]1C(=O)NC(C)(C)C. The van der Waals surface area contributed by atoms with E-state index in [1.165, 1.54) is 12.1 Å². The molecular formula is C33H48FN5O4. The highest BCUT2D eigenvalue weighted by Crippen LogP contribution is 2.27. The zero-order chi connectivity index (χ0) is 31.1. The van der Waals surface area contributed by atoms with E-state index in [0.29, 0.717) is 32.5 Å². The van der Waals surface area contributed by atoms with Crippen molar-refractivity contribution in [2.45, 2.75) is 89.8 Å². The minimum atomic E-state index is -0.878. The van der Waals surface area contributed by atoms with Gasteiger partial charge in [-0.15, -0.1) is 0 Å². The third kappa shape index (κ3) is 9.79. The van der Waals surface area contributed by atoms with Crippen LogP contribution in [0.25, 0.3) is 0 Å². The van der Waals surface area contributed by atoms with Gasteiger partial charge in [0.1, 0.15) is 11.9 Å². The molecule has 2 amide bonds. The molecule has 1 saturated carbocycles. The summed E-state index contributed by atoms with van der Waals surface area (Å²) < 4.78 is 13.6. The molecule has 43 heavy (non-hydrogen) atoms. The number of hydrogen-bond donors (Lipinski definition) is 4. The Hall–Kier alpha value is -2.92. The second kappa shape index (κ2) is 14.7. The fourth-order valence-corrected chi connectivity index (χ4v) is 6.24. The Kier molecular flexibility index (Phi) is 11.3. The van der Waals surface area contributed by atoms with E-state index in [-0.39, 0.29) is 42.6 Å². The van der Waals surface area contributed by atoms with E-state index >= 15 is 0 Å². The third-order valence-electron chi connectivity index (χ3n) is 8.53. The number of rotatable bonds is 11. The van der Waals surface area contributed by atoms with Crippen LogP contribution in [0, 0.1) is 17.7 Å². The van der Waals surface area contributed by atoms with Gasteiger partial charge in [0.2, 0.25) is 11.8 Å². The number of nitrogens with one attached hydrogen (secondary N) is 2. The summed E-state index contributed by atoms with van der Waals surface area (Å²) >= 11 is 0. The van der Waals surface area contributed by atoms with Gasteiger partial charge in [0.05, 0.1) is 18.2 Å². The maximum Gasteiger partial charge on any atom is 0.239 e. The van der Waals surface area contributed by atoms with Gasteiger partial charge in [0.15, 0.2) is 0 Å². The van der Waals surface area contributed by atoms with Crippen LogP contribution < -0.4 is 10.6 Å². The second-order valence-corrected chi connectivity index (χ2v) is 13.4. The summed E-state index contributed by atoms with van der Waals surface area (Å²) in [6.07, 6.45) is 4.07. The summed E-state index contributed by atoms with van der Waals surface area (Å²) in [5.74, 6) is -1.12. The smallest absolute Gasteiger partial charge is 0.239 e. The quantitative estimate of drug-likeness (QED) is 0.315. The topological polar surface area (TPSA) is 118 Å². The number of pyridine rings is 1. The molecule has 4 rings (SSSR count). The molecule has 0 bridgehead atoms. The normalized spacial score (nSPS) is 24.8. The van der Waals surface area contributed by atoms with Crippen LogP contribution in [0.15, 0.2) is 48.8 Å². The molecule has 10 heteroatoms. The fourth-order valence-electron chi connectivity index (χ4n) is 6.24. The number of piperazine rings is 1. The molecule has 0 spiro atoms. The molecule has 0 radical (unpaired) electrons. The van der Waals surface area contributed by atoms with Gasteiger partial charge in [-0.2, -0.15) is 0 Å².